The Kier molecular flexibility index (Phi) is 5.61. The van der Waals surface area contributed by atoms with Crippen LogP contribution in [0.1, 0.15) is 46.5 Å². The highest BCUT2D eigenvalue weighted by molar-refractivity contribution is 6.33. The summed E-state index contributed by atoms with van der Waals surface area (Å²) in [6.07, 6.45) is 0. The topological polar surface area (TPSA) is 50.8 Å². The molecule has 0 saturated heterocycles. The van der Waals surface area contributed by atoms with Crippen LogP contribution in [-0.4, -0.2) is 19.1 Å². The van der Waals surface area contributed by atoms with E-state index in [1.165, 1.54) is 0 Å². The summed E-state index contributed by atoms with van der Waals surface area (Å²) in [5.41, 5.74) is 5.26. The van der Waals surface area contributed by atoms with Crippen LogP contribution in [0.5, 0.6) is 11.5 Å². The lowest BCUT2D eigenvalue weighted by Gasteiger charge is -2.38. The number of hydrogen-bond acceptors (Lipinski definition) is 5. The van der Waals surface area contributed by atoms with E-state index in [9.17, 15) is 4.79 Å². The highest BCUT2D eigenvalue weighted by Gasteiger charge is 2.54. The molecule has 2 aliphatic heterocycles. The molecular formula is C31H27ClN2O3. The van der Waals surface area contributed by atoms with Crippen molar-refractivity contribution in [3.63, 3.8) is 0 Å². The Hall–Kier alpha value is -3.96. The van der Waals surface area contributed by atoms with Crippen LogP contribution < -0.4 is 15.0 Å². The van der Waals surface area contributed by atoms with E-state index in [-0.39, 0.29) is 5.97 Å². The van der Waals surface area contributed by atoms with Crippen molar-refractivity contribution in [1.29, 1.82) is 0 Å². The number of rotatable bonds is 5. The number of nitrogens with zero attached hydrogens (tertiary/aromatic N) is 1. The van der Waals surface area contributed by atoms with Crippen LogP contribution in [0, 0.1) is 6.92 Å². The molecule has 4 aromatic rings. The van der Waals surface area contributed by atoms with Gasteiger partial charge in [-0.2, -0.15) is 0 Å². The standard InChI is InChI=1S/C31H27ClN2O3/c1-4-34(5-2)21-15-16-24-27(17-21)36-29-25(31(24)23-14-10-9-13-22(23)30(35)37-31)18-26(19(3)28(29)32)33-20-11-7-6-8-12-20/h6-18,33H,4-5H2,1-3H3. The number of ether oxygens (including phenoxy) is 2. The minimum absolute atomic E-state index is 0.364. The van der Waals surface area contributed by atoms with E-state index in [2.05, 4.69) is 30.1 Å². The Morgan fingerprint density at radius 2 is 1.62 bits per heavy atom. The molecule has 1 N–H and O–H groups in total. The highest BCUT2D eigenvalue weighted by Crippen LogP contribution is 2.59. The average molecular weight is 511 g/mol. The molecule has 6 rings (SSSR count). The molecule has 0 aromatic heterocycles. The van der Waals surface area contributed by atoms with Crippen molar-refractivity contribution in [1.82, 2.24) is 0 Å². The van der Waals surface area contributed by atoms with Crippen LogP contribution >= 0.6 is 11.6 Å². The molecule has 2 heterocycles. The molecule has 186 valence electrons. The van der Waals surface area contributed by atoms with Crippen molar-refractivity contribution in [3.8, 4) is 11.5 Å². The first-order chi connectivity index (χ1) is 18.0. The normalized spacial score (nSPS) is 16.9. The van der Waals surface area contributed by atoms with E-state index in [1.54, 1.807) is 0 Å². The quantitative estimate of drug-likeness (QED) is 0.277. The van der Waals surface area contributed by atoms with Gasteiger partial charge in [-0.1, -0.05) is 48.0 Å². The molecule has 6 heteroatoms. The molecular weight excluding hydrogens is 484 g/mol. The monoisotopic (exact) mass is 510 g/mol. The van der Waals surface area contributed by atoms with E-state index in [0.717, 1.165) is 46.8 Å². The maximum absolute atomic E-state index is 13.2. The van der Waals surface area contributed by atoms with E-state index in [0.29, 0.717) is 27.6 Å². The lowest BCUT2D eigenvalue weighted by molar-refractivity contribution is 0.0224. The zero-order valence-corrected chi connectivity index (χ0v) is 21.7. The lowest BCUT2D eigenvalue weighted by Crippen LogP contribution is -2.33. The van der Waals surface area contributed by atoms with Gasteiger partial charge in [0.2, 0.25) is 0 Å². The molecule has 37 heavy (non-hydrogen) atoms. The molecule has 0 fully saturated rings. The molecule has 0 radical (unpaired) electrons. The fraction of sp³-hybridized carbons (Fsp3) is 0.194. The predicted octanol–water partition coefficient (Wildman–Crippen LogP) is 7.81. The van der Waals surface area contributed by atoms with Gasteiger partial charge in [0.1, 0.15) is 5.75 Å². The summed E-state index contributed by atoms with van der Waals surface area (Å²) in [5, 5.41) is 3.96. The summed E-state index contributed by atoms with van der Waals surface area (Å²) < 4.78 is 12.9. The Balaban J connectivity index is 1.62. The Bertz CT molecular complexity index is 1530. The number of halogens is 1. The summed E-state index contributed by atoms with van der Waals surface area (Å²) in [6, 6.07) is 25.6. The van der Waals surface area contributed by atoms with Gasteiger partial charge in [0, 0.05) is 47.3 Å². The minimum Gasteiger partial charge on any atom is -0.455 e. The van der Waals surface area contributed by atoms with Crippen LogP contribution in [0.15, 0.2) is 78.9 Å². The average Bonchev–Trinajstić information content (AvgIpc) is 3.22. The number of carbonyl (C=O) groups is 1. The third-order valence-corrected chi connectivity index (χ3v) is 7.81. The van der Waals surface area contributed by atoms with Gasteiger partial charge in [0.15, 0.2) is 11.4 Å². The second-order valence-corrected chi connectivity index (χ2v) is 9.68. The first-order valence-electron chi connectivity index (χ1n) is 12.5. The smallest absolute Gasteiger partial charge is 0.340 e. The number of hydrogen-bond donors (Lipinski definition) is 1. The molecule has 0 saturated carbocycles. The Morgan fingerprint density at radius 3 is 2.38 bits per heavy atom. The van der Waals surface area contributed by atoms with E-state index in [4.69, 9.17) is 21.1 Å². The fourth-order valence-electron chi connectivity index (χ4n) is 5.44. The molecule has 1 unspecified atom stereocenters. The van der Waals surface area contributed by atoms with Crippen molar-refractivity contribution in [3.05, 3.63) is 112 Å². The molecule has 0 aliphatic carbocycles. The fourth-order valence-corrected chi connectivity index (χ4v) is 5.68. The number of nitrogens with one attached hydrogen (secondary N) is 1. The minimum atomic E-state index is -1.18. The van der Waals surface area contributed by atoms with Gasteiger partial charge >= 0.3 is 5.97 Å². The van der Waals surface area contributed by atoms with Gasteiger partial charge in [-0.05, 0) is 62.7 Å². The Morgan fingerprint density at radius 1 is 0.892 bits per heavy atom. The van der Waals surface area contributed by atoms with Crippen LogP contribution in [-0.2, 0) is 10.3 Å². The van der Waals surface area contributed by atoms with Gasteiger partial charge in [-0.15, -0.1) is 0 Å². The maximum Gasteiger partial charge on any atom is 0.340 e. The number of anilines is 3. The second-order valence-electron chi connectivity index (χ2n) is 9.30. The predicted molar refractivity (Wildman–Crippen MR) is 148 cm³/mol. The zero-order valence-electron chi connectivity index (χ0n) is 21.0. The van der Waals surface area contributed by atoms with Crippen molar-refractivity contribution in [2.75, 3.05) is 23.3 Å². The summed E-state index contributed by atoms with van der Waals surface area (Å²) in [6.45, 7) is 7.93. The number of para-hydroxylation sites is 1. The van der Waals surface area contributed by atoms with E-state index >= 15 is 0 Å². The van der Waals surface area contributed by atoms with Crippen molar-refractivity contribution < 1.29 is 14.3 Å². The number of carbonyl (C=O) groups excluding carboxylic acids is 1. The van der Waals surface area contributed by atoms with Gasteiger partial charge in [0.25, 0.3) is 0 Å². The first-order valence-corrected chi connectivity index (χ1v) is 12.9. The number of esters is 1. The maximum atomic E-state index is 13.2. The first kappa shape index (κ1) is 23.4. The van der Waals surface area contributed by atoms with Crippen LogP contribution in [0.3, 0.4) is 0 Å². The van der Waals surface area contributed by atoms with Crippen LogP contribution in [0.25, 0.3) is 0 Å². The highest BCUT2D eigenvalue weighted by atomic mass is 35.5. The van der Waals surface area contributed by atoms with Crippen molar-refractivity contribution in [2.24, 2.45) is 0 Å². The molecule has 0 bridgehead atoms. The second kappa shape index (κ2) is 8.86. The molecule has 2 aliphatic rings. The zero-order chi connectivity index (χ0) is 25.7. The number of fused-ring (bicyclic) bond motifs is 6. The molecule has 1 atom stereocenters. The molecule has 5 nitrogen and oxygen atoms in total. The molecule has 4 aromatic carbocycles. The SMILES string of the molecule is CCN(CC)c1ccc2c(c1)Oc1c(cc(Nc3ccccc3)c(C)c1Cl)C21OC(=O)c2ccccc21. The van der Waals surface area contributed by atoms with Crippen molar-refractivity contribution in [2.45, 2.75) is 26.4 Å². The van der Waals surface area contributed by atoms with Gasteiger partial charge in [-0.25, -0.2) is 4.79 Å². The van der Waals surface area contributed by atoms with Crippen molar-refractivity contribution >= 4 is 34.6 Å². The van der Waals surface area contributed by atoms with Crippen LogP contribution in [0.4, 0.5) is 17.1 Å². The lowest BCUT2D eigenvalue weighted by atomic mass is 9.77. The van der Waals surface area contributed by atoms with Crippen LogP contribution in [0.2, 0.25) is 5.02 Å². The summed E-state index contributed by atoms with van der Waals surface area (Å²) in [7, 11) is 0. The Labute approximate surface area is 221 Å². The third-order valence-electron chi connectivity index (χ3n) is 7.36. The number of benzene rings is 4. The van der Waals surface area contributed by atoms with Gasteiger partial charge < -0.3 is 19.7 Å². The van der Waals surface area contributed by atoms with E-state index < -0.39 is 5.60 Å². The van der Waals surface area contributed by atoms with Gasteiger partial charge in [0.05, 0.1) is 16.1 Å². The summed E-state index contributed by atoms with van der Waals surface area (Å²) >= 11 is 7.02. The third kappa shape index (κ3) is 3.49. The summed E-state index contributed by atoms with van der Waals surface area (Å²) in [4.78, 5) is 15.5. The molecule has 1 spiro atoms. The van der Waals surface area contributed by atoms with E-state index in [1.807, 2.05) is 79.7 Å². The van der Waals surface area contributed by atoms with Gasteiger partial charge in [-0.3, -0.25) is 0 Å². The molecule has 0 amide bonds. The summed E-state index contributed by atoms with van der Waals surface area (Å²) in [5.74, 6) is 0.773. The largest absolute Gasteiger partial charge is 0.455 e.